The second kappa shape index (κ2) is 8.93. The van der Waals surface area contributed by atoms with Gasteiger partial charge in [-0.15, -0.1) is 0 Å². The van der Waals surface area contributed by atoms with Gasteiger partial charge in [-0.05, 0) is 51.7 Å². The van der Waals surface area contributed by atoms with Gasteiger partial charge < -0.3 is 20.1 Å². The Kier molecular flexibility index (Phi) is 6.25. The molecular formula is C24H30F2N6O4S. The zero-order valence-corrected chi connectivity index (χ0v) is 21.8. The number of anilines is 1. The third-order valence-corrected chi connectivity index (χ3v) is 8.42. The Bertz CT molecular complexity index is 1490. The van der Waals surface area contributed by atoms with Crippen molar-refractivity contribution in [2.75, 3.05) is 24.7 Å². The number of aliphatic hydroxyl groups is 2. The van der Waals surface area contributed by atoms with Crippen molar-refractivity contribution in [1.29, 1.82) is 0 Å². The number of halogens is 2. The van der Waals surface area contributed by atoms with E-state index in [1.807, 2.05) is 11.5 Å². The number of aromatic nitrogens is 4. The van der Waals surface area contributed by atoms with Crippen molar-refractivity contribution < 1.29 is 27.4 Å². The van der Waals surface area contributed by atoms with E-state index in [2.05, 4.69) is 20.3 Å². The number of imidazole rings is 1. The molecular weight excluding hydrogens is 506 g/mol. The van der Waals surface area contributed by atoms with E-state index in [1.165, 1.54) is 10.4 Å². The van der Waals surface area contributed by atoms with Crippen LogP contribution in [0.4, 0.5) is 14.7 Å². The van der Waals surface area contributed by atoms with Crippen molar-refractivity contribution in [3.05, 3.63) is 35.3 Å². The first-order chi connectivity index (χ1) is 17.3. The van der Waals surface area contributed by atoms with Crippen LogP contribution in [0.3, 0.4) is 0 Å². The van der Waals surface area contributed by atoms with Gasteiger partial charge in [-0.2, -0.15) is 4.31 Å². The lowest BCUT2D eigenvalue weighted by atomic mass is 9.93. The van der Waals surface area contributed by atoms with Crippen molar-refractivity contribution in [3.8, 4) is 11.3 Å². The molecule has 3 N–H and O–H groups in total. The molecule has 1 fully saturated rings. The van der Waals surface area contributed by atoms with Crippen molar-refractivity contribution in [1.82, 2.24) is 23.8 Å². The van der Waals surface area contributed by atoms with Crippen LogP contribution in [0.25, 0.3) is 22.3 Å². The van der Waals surface area contributed by atoms with E-state index < -0.39 is 39.4 Å². The normalized spacial score (nSPS) is 23.0. The van der Waals surface area contributed by atoms with Crippen LogP contribution in [-0.2, 0) is 22.0 Å². The summed E-state index contributed by atoms with van der Waals surface area (Å²) in [4.78, 5) is 12.7. The van der Waals surface area contributed by atoms with E-state index in [4.69, 9.17) is 0 Å². The predicted molar refractivity (Wildman–Crippen MR) is 133 cm³/mol. The molecule has 3 atom stereocenters. The molecule has 0 bridgehead atoms. The number of benzene rings is 1. The third kappa shape index (κ3) is 4.58. The van der Waals surface area contributed by atoms with Gasteiger partial charge >= 0.3 is 0 Å². The molecule has 10 nitrogen and oxygen atoms in total. The zero-order valence-electron chi connectivity index (χ0n) is 21.0. The van der Waals surface area contributed by atoms with E-state index >= 15 is 8.78 Å². The molecule has 3 unspecified atom stereocenters. The second-order valence-corrected chi connectivity index (χ2v) is 12.4. The van der Waals surface area contributed by atoms with Gasteiger partial charge in [-0.3, -0.25) is 0 Å². The average molecular weight is 537 g/mol. The van der Waals surface area contributed by atoms with Crippen LogP contribution in [0.1, 0.15) is 51.0 Å². The summed E-state index contributed by atoms with van der Waals surface area (Å²) in [5.74, 6) is -1.01. The molecule has 200 valence electrons. The fraction of sp³-hybridized carbons (Fsp3) is 0.542. The van der Waals surface area contributed by atoms with E-state index in [0.29, 0.717) is 36.2 Å². The SMILES string of the molecule is CC1CCc2c(-c3nc(NC4CCN(S(C)(=O)=O)CC4O)ncc3F)cc(F)c3nc(C(C)(C)O)n1c23. The van der Waals surface area contributed by atoms with Crippen molar-refractivity contribution in [2.24, 2.45) is 0 Å². The number of nitrogens with zero attached hydrogens (tertiary/aromatic N) is 5. The first-order valence-electron chi connectivity index (χ1n) is 12.1. The highest BCUT2D eigenvalue weighted by Gasteiger charge is 2.35. The highest BCUT2D eigenvalue weighted by Crippen LogP contribution is 2.41. The molecule has 0 radical (unpaired) electrons. The summed E-state index contributed by atoms with van der Waals surface area (Å²) < 4.78 is 57.0. The van der Waals surface area contributed by atoms with Crippen LogP contribution in [-0.4, -0.2) is 73.9 Å². The zero-order chi connectivity index (χ0) is 26.9. The molecule has 2 aliphatic heterocycles. The quantitative estimate of drug-likeness (QED) is 0.453. The average Bonchev–Trinajstić information content (AvgIpc) is 3.23. The minimum Gasteiger partial charge on any atom is -0.390 e. The molecule has 5 rings (SSSR count). The lowest BCUT2D eigenvalue weighted by Gasteiger charge is -2.34. The molecule has 2 aliphatic rings. The Hall–Kier alpha value is -2.74. The summed E-state index contributed by atoms with van der Waals surface area (Å²) in [6.45, 7) is 5.28. The van der Waals surface area contributed by atoms with Crippen molar-refractivity contribution in [3.63, 3.8) is 0 Å². The van der Waals surface area contributed by atoms with E-state index in [0.717, 1.165) is 12.5 Å². The highest BCUT2D eigenvalue weighted by molar-refractivity contribution is 7.88. The maximum atomic E-state index is 15.3. The smallest absolute Gasteiger partial charge is 0.223 e. The van der Waals surface area contributed by atoms with Gasteiger partial charge in [0.2, 0.25) is 16.0 Å². The number of nitrogens with one attached hydrogen (secondary N) is 1. The maximum Gasteiger partial charge on any atom is 0.223 e. The topological polar surface area (TPSA) is 133 Å². The number of piperidine rings is 1. The number of aliphatic hydroxyl groups excluding tert-OH is 1. The summed E-state index contributed by atoms with van der Waals surface area (Å²) in [5, 5.41) is 24.2. The minimum atomic E-state index is -3.44. The van der Waals surface area contributed by atoms with E-state index in [1.54, 1.807) is 13.8 Å². The second-order valence-electron chi connectivity index (χ2n) is 10.5. The highest BCUT2D eigenvalue weighted by atomic mass is 32.2. The molecule has 1 saturated heterocycles. The maximum absolute atomic E-state index is 15.3. The first kappa shape index (κ1) is 25.9. The molecule has 4 heterocycles. The number of aryl methyl sites for hydroxylation is 1. The van der Waals surface area contributed by atoms with Gasteiger partial charge in [0, 0.05) is 24.7 Å². The molecule has 1 aromatic carbocycles. The van der Waals surface area contributed by atoms with Crippen LogP contribution in [0.5, 0.6) is 0 Å². The molecule has 13 heteroatoms. The molecule has 2 aromatic heterocycles. The molecule has 0 saturated carbocycles. The number of β-amino-alcohol motifs (C(OH)–C–C–N with tert-alkyl or cyclic N) is 1. The molecule has 3 aromatic rings. The van der Waals surface area contributed by atoms with Gasteiger partial charge in [0.15, 0.2) is 11.6 Å². The number of rotatable bonds is 5. The largest absolute Gasteiger partial charge is 0.390 e. The van der Waals surface area contributed by atoms with Crippen LogP contribution in [0.2, 0.25) is 0 Å². The lowest BCUT2D eigenvalue weighted by Crippen LogP contribution is -2.51. The number of sulfonamides is 1. The van der Waals surface area contributed by atoms with E-state index in [9.17, 15) is 18.6 Å². The summed E-state index contributed by atoms with van der Waals surface area (Å²) in [6, 6.07) is 0.624. The molecule has 0 spiro atoms. The fourth-order valence-corrected chi connectivity index (χ4v) is 6.13. The predicted octanol–water partition coefficient (Wildman–Crippen LogP) is 2.31. The van der Waals surface area contributed by atoms with Gasteiger partial charge in [-0.25, -0.2) is 32.2 Å². The Morgan fingerprint density at radius 1 is 1.19 bits per heavy atom. The Labute approximate surface area is 213 Å². The Morgan fingerprint density at radius 2 is 1.92 bits per heavy atom. The monoisotopic (exact) mass is 536 g/mol. The van der Waals surface area contributed by atoms with Crippen LogP contribution < -0.4 is 5.32 Å². The lowest BCUT2D eigenvalue weighted by molar-refractivity contribution is 0.0634. The van der Waals surface area contributed by atoms with Gasteiger partial charge in [-0.1, -0.05) is 0 Å². The first-order valence-corrected chi connectivity index (χ1v) is 14.0. The van der Waals surface area contributed by atoms with Crippen LogP contribution in [0, 0.1) is 11.6 Å². The summed E-state index contributed by atoms with van der Waals surface area (Å²) in [5.41, 5.74) is 0.193. The molecule has 0 aliphatic carbocycles. The van der Waals surface area contributed by atoms with Crippen LogP contribution in [0.15, 0.2) is 12.3 Å². The van der Waals surface area contributed by atoms with Crippen molar-refractivity contribution >= 4 is 27.0 Å². The molecule has 0 amide bonds. The van der Waals surface area contributed by atoms with Crippen LogP contribution >= 0.6 is 0 Å². The fourth-order valence-electron chi connectivity index (χ4n) is 5.27. The summed E-state index contributed by atoms with van der Waals surface area (Å²) in [6.07, 6.45) is 2.58. The molecule has 37 heavy (non-hydrogen) atoms. The third-order valence-electron chi connectivity index (χ3n) is 7.15. The Morgan fingerprint density at radius 3 is 2.57 bits per heavy atom. The van der Waals surface area contributed by atoms with Crippen molar-refractivity contribution in [2.45, 2.75) is 63.8 Å². The number of hydrogen-bond acceptors (Lipinski definition) is 8. The van der Waals surface area contributed by atoms with E-state index in [-0.39, 0.29) is 41.9 Å². The summed E-state index contributed by atoms with van der Waals surface area (Å²) in [7, 11) is -3.44. The van der Waals surface area contributed by atoms with Gasteiger partial charge in [0.05, 0.1) is 30.1 Å². The number of hydrogen-bond donors (Lipinski definition) is 3. The van der Waals surface area contributed by atoms with Gasteiger partial charge in [0.1, 0.15) is 22.6 Å². The summed E-state index contributed by atoms with van der Waals surface area (Å²) >= 11 is 0. The van der Waals surface area contributed by atoms with Gasteiger partial charge in [0.25, 0.3) is 0 Å². The standard InChI is InChI=1S/C24H30F2N6O4S/c1-12-5-6-13-14(9-15(25)20-21(13)32(12)22(29-20)24(2,3)34)19-16(26)10-27-23(30-19)28-17-7-8-31(11-18(17)33)37(4,35)36/h9-10,12,17-18,33-34H,5-8,11H2,1-4H3,(H,27,28,30). The minimum absolute atomic E-state index is 0.0378. The Balaban J connectivity index is 1.55.